The molecule has 8 heteroatoms. The molecule has 0 bridgehead atoms. The Kier molecular flexibility index (Phi) is 6.79. The minimum Gasteiger partial charge on any atom is -0.325 e. The van der Waals surface area contributed by atoms with Gasteiger partial charge in [-0.05, 0) is 44.0 Å². The van der Waals surface area contributed by atoms with E-state index in [0.29, 0.717) is 11.8 Å². The molecule has 2 rings (SSSR count). The van der Waals surface area contributed by atoms with Crippen LogP contribution in [0.15, 0.2) is 30.3 Å². The lowest BCUT2D eigenvalue weighted by Crippen LogP contribution is -2.27. The van der Waals surface area contributed by atoms with Gasteiger partial charge < -0.3 is 10.6 Å². The van der Waals surface area contributed by atoms with Crippen LogP contribution < -0.4 is 10.6 Å². The van der Waals surface area contributed by atoms with E-state index >= 15 is 0 Å². The van der Waals surface area contributed by atoms with Gasteiger partial charge in [0.15, 0.2) is 0 Å². The van der Waals surface area contributed by atoms with Gasteiger partial charge in [0.05, 0.1) is 5.69 Å². The number of hydrogen-bond donors (Lipinski definition) is 2. The van der Waals surface area contributed by atoms with E-state index in [4.69, 9.17) is 0 Å². The first-order chi connectivity index (χ1) is 12.7. The molecule has 0 fully saturated rings. The van der Waals surface area contributed by atoms with E-state index in [0.717, 1.165) is 28.8 Å². The van der Waals surface area contributed by atoms with Gasteiger partial charge in [0.2, 0.25) is 11.8 Å². The molecule has 0 aliphatic rings. The van der Waals surface area contributed by atoms with Crippen molar-refractivity contribution in [2.75, 3.05) is 22.1 Å². The summed E-state index contributed by atoms with van der Waals surface area (Å²) in [5, 5.41) is 4.92. The van der Waals surface area contributed by atoms with Crippen molar-refractivity contribution in [1.82, 2.24) is 0 Å². The molecular weight excluding hydrogens is 374 g/mol. The van der Waals surface area contributed by atoms with Crippen molar-refractivity contribution in [2.24, 2.45) is 0 Å². The fraction of sp³-hybridized carbons (Fsp3) is 0.263. The molecule has 0 aromatic heterocycles. The number of benzene rings is 2. The van der Waals surface area contributed by atoms with Crippen molar-refractivity contribution in [1.29, 1.82) is 0 Å². The Morgan fingerprint density at radius 3 is 2.04 bits per heavy atom. The summed E-state index contributed by atoms with van der Waals surface area (Å²) < 4.78 is 38.4. The van der Waals surface area contributed by atoms with Gasteiger partial charge in [-0.2, -0.15) is 0 Å². The molecule has 2 aromatic rings. The lowest BCUT2D eigenvalue weighted by Gasteiger charge is -2.13. The van der Waals surface area contributed by atoms with E-state index < -0.39 is 40.0 Å². The molecule has 0 aliphatic heterocycles. The Morgan fingerprint density at radius 2 is 1.48 bits per heavy atom. The Morgan fingerprint density at radius 1 is 0.926 bits per heavy atom. The second-order valence-corrected chi connectivity index (χ2v) is 7.68. The van der Waals surface area contributed by atoms with Crippen LogP contribution in [0.2, 0.25) is 0 Å². The number of nitrogens with one attached hydrogen (secondary N) is 2. The zero-order valence-corrected chi connectivity index (χ0v) is 16.0. The smallest absolute Gasteiger partial charge is 0.237 e. The summed E-state index contributed by atoms with van der Waals surface area (Å²) in [5.41, 5.74) is 3.28. The molecule has 5 nitrogen and oxygen atoms in total. The van der Waals surface area contributed by atoms with E-state index in [1.807, 2.05) is 32.9 Å². The maximum atomic E-state index is 13.5. The molecular formula is C19H20F2N2O3S. The van der Waals surface area contributed by atoms with Crippen molar-refractivity contribution in [3.8, 4) is 0 Å². The summed E-state index contributed by atoms with van der Waals surface area (Å²) >= 11 is 0. The summed E-state index contributed by atoms with van der Waals surface area (Å²) in [5.74, 6) is -3.76. The zero-order chi connectivity index (χ0) is 20.1. The minimum atomic E-state index is -1.78. The van der Waals surface area contributed by atoms with Crippen molar-refractivity contribution >= 4 is 34.0 Å². The summed E-state index contributed by atoms with van der Waals surface area (Å²) in [7, 11) is -1.78. The molecule has 0 saturated carbocycles. The van der Waals surface area contributed by atoms with Crippen molar-refractivity contribution in [3.05, 3.63) is 58.7 Å². The Balaban J connectivity index is 1.91. The van der Waals surface area contributed by atoms with E-state index in [2.05, 4.69) is 10.6 Å². The van der Waals surface area contributed by atoms with Crippen LogP contribution in [0.4, 0.5) is 20.2 Å². The molecule has 0 aliphatic carbocycles. The predicted molar refractivity (Wildman–Crippen MR) is 102 cm³/mol. The molecule has 2 aromatic carbocycles. The first kappa shape index (κ1) is 20.7. The van der Waals surface area contributed by atoms with E-state index in [1.165, 1.54) is 0 Å². The van der Waals surface area contributed by atoms with Gasteiger partial charge in [0.1, 0.15) is 23.1 Å². The SMILES string of the molecule is Cc1cc(C)c(NC(=O)C[S@](=O)CC(=O)Nc2ccc(F)cc2F)c(C)c1. The number of halogens is 2. The summed E-state index contributed by atoms with van der Waals surface area (Å²) in [6.07, 6.45) is 0. The van der Waals surface area contributed by atoms with E-state index in [-0.39, 0.29) is 11.4 Å². The molecule has 0 unspecified atom stereocenters. The highest BCUT2D eigenvalue weighted by atomic mass is 32.2. The molecule has 144 valence electrons. The number of carbonyl (C=O) groups is 2. The Hall–Kier alpha value is -2.61. The minimum absolute atomic E-state index is 0.214. The Labute approximate surface area is 158 Å². The van der Waals surface area contributed by atoms with Crippen LogP contribution in [0.5, 0.6) is 0 Å². The van der Waals surface area contributed by atoms with Crippen molar-refractivity contribution < 1.29 is 22.6 Å². The van der Waals surface area contributed by atoms with Crippen LogP contribution in [-0.2, 0) is 20.4 Å². The number of aryl methyl sites for hydroxylation is 3. The topological polar surface area (TPSA) is 75.3 Å². The quantitative estimate of drug-likeness (QED) is 0.790. The van der Waals surface area contributed by atoms with Crippen LogP contribution in [0.3, 0.4) is 0 Å². The predicted octanol–water partition coefficient (Wildman–Crippen LogP) is 3.22. The average Bonchev–Trinajstić information content (AvgIpc) is 2.53. The van der Waals surface area contributed by atoms with Gasteiger partial charge in [0.25, 0.3) is 0 Å². The third-order valence-electron chi connectivity index (χ3n) is 3.73. The van der Waals surface area contributed by atoms with Crippen LogP contribution >= 0.6 is 0 Å². The molecule has 0 heterocycles. The fourth-order valence-electron chi connectivity index (χ4n) is 2.67. The van der Waals surface area contributed by atoms with Crippen LogP contribution in [-0.4, -0.2) is 27.5 Å². The number of amides is 2. The third kappa shape index (κ3) is 5.96. The molecule has 2 N–H and O–H groups in total. The van der Waals surface area contributed by atoms with E-state index in [1.54, 1.807) is 0 Å². The van der Waals surface area contributed by atoms with Gasteiger partial charge >= 0.3 is 0 Å². The zero-order valence-electron chi connectivity index (χ0n) is 15.2. The van der Waals surface area contributed by atoms with Gasteiger partial charge in [-0.25, -0.2) is 8.78 Å². The molecule has 0 radical (unpaired) electrons. The summed E-state index contributed by atoms with van der Waals surface area (Å²) in [4.78, 5) is 24.0. The molecule has 1 atom stereocenters. The molecule has 2 amide bonds. The first-order valence-electron chi connectivity index (χ1n) is 8.13. The highest BCUT2D eigenvalue weighted by Crippen LogP contribution is 2.21. The van der Waals surface area contributed by atoms with Crippen LogP contribution in [0.25, 0.3) is 0 Å². The molecule has 0 saturated heterocycles. The van der Waals surface area contributed by atoms with Crippen molar-refractivity contribution in [3.63, 3.8) is 0 Å². The Bertz CT molecular complexity index is 893. The second kappa shape index (κ2) is 8.85. The summed E-state index contributed by atoms with van der Waals surface area (Å²) in [6, 6.07) is 6.54. The van der Waals surface area contributed by atoms with E-state index in [9.17, 15) is 22.6 Å². The van der Waals surface area contributed by atoms with Crippen LogP contribution in [0, 0.1) is 32.4 Å². The van der Waals surface area contributed by atoms with Gasteiger partial charge in [-0.1, -0.05) is 17.7 Å². The number of rotatable bonds is 6. The largest absolute Gasteiger partial charge is 0.325 e. The maximum absolute atomic E-state index is 13.5. The third-order valence-corrected chi connectivity index (χ3v) is 4.90. The van der Waals surface area contributed by atoms with Crippen molar-refractivity contribution in [2.45, 2.75) is 20.8 Å². The normalized spacial score (nSPS) is 11.7. The second-order valence-electron chi connectivity index (χ2n) is 6.22. The monoisotopic (exact) mass is 394 g/mol. The first-order valence-corrected chi connectivity index (χ1v) is 9.62. The number of carbonyl (C=O) groups excluding carboxylic acids is 2. The van der Waals surface area contributed by atoms with Gasteiger partial charge in [-0.3, -0.25) is 13.8 Å². The van der Waals surface area contributed by atoms with Crippen LogP contribution in [0.1, 0.15) is 16.7 Å². The molecule has 27 heavy (non-hydrogen) atoms. The lowest BCUT2D eigenvalue weighted by atomic mass is 10.1. The van der Waals surface area contributed by atoms with Gasteiger partial charge in [0, 0.05) is 22.6 Å². The highest BCUT2D eigenvalue weighted by Gasteiger charge is 2.16. The number of anilines is 2. The summed E-state index contributed by atoms with van der Waals surface area (Å²) in [6.45, 7) is 5.66. The molecule has 0 spiro atoms. The fourth-order valence-corrected chi connectivity index (χ4v) is 3.50. The van der Waals surface area contributed by atoms with Gasteiger partial charge in [-0.15, -0.1) is 0 Å². The average molecular weight is 394 g/mol. The maximum Gasteiger partial charge on any atom is 0.237 e. The number of hydrogen-bond acceptors (Lipinski definition) is 3. The standard InChI is InChI=1S/C19H20F2N2O3S/c1-11-6-12(2)19(13(3)7-11)23-18(25)10-27(26)9-17(24)22-16-5-4-14(20)8-15(16)21/h4-8H,9-10H2,1-3H3,(H,22,24)(H,23,25)/t27-/m1/s1. The highest BCUT2D eigenvalue weighted by molar-refractivity contribution is 7.86. The lowest BCUT2D eigenvalue weighted by molar-refractivity contribution is -0.114.